The van der Waals surface area contributed by atoms with E-state index in [1.807, 2.05) is 29.8 Å². The van der Waals surface area contributed by atoms with Crippen LogP contribution in [0.25, 0.3) is 10.9 Å². The van der Waals surface area contributed by atoms with Crippen molar-refractivity contribution < 1.29 is 4.39 Å². The molecule has 0 fully saturated rings. The van der Waals surface area contributed by atoms with Crippen LogP contribution in [-0.2, 0) is 6.54 Å². The minimum Gasteiger partial charge on any atom is -0.260 e. The van der Waals surface area contributed by atoms with Gasteiger partial charge >= 0.3 is 0 Å². The van der Waals surface area contributed by atoms with Crippen molar-refractivity contribution in [2.75, 3.05) is 0 Å². The molecule has 0 N–H and O–H groups in total. The monoisotopic (exact) mass is 274 g/mol. The average Bonchev–Trinajstić information content (AvgIpc) is 2.69. The van der Waals surface area contributed by atoms with Gasteiger partial charge in [-0.3, -0.25) is 4.68 Å². The molecule has 0 aliphatic carbocycles. The molecule has 0 atom stereocenters. The highest BCUT2D eigenvalue weighted by Crippen LogP contribution is 2.23. The minimum atomic E-state index is -0.228. The second-order valence-electron chi connectivity index (χ2n) is 4.53. The Balaban J connectivity index is 2.05. The van der Waals surface area contributed by atoms with Gasteiger partial charge in [-0.1, -0.05) is 23.7 Å². The topological polar surface area (TPSA) is 17.8 Å². The fourth-order valence-electron chi connectivity index (χ4n) is 2.20. The van der Waals surface area contributed by atoms with Gasteiger partial charge in [0.2, 0.25) is 0 Å². The smallest absolute Gasteiger partial charge is 0.123 e. The van der Waals surface area contributed by atoms with E-state index in [-0.39, 0.29) is 5.82 Å². The average molecular weight is 275 g/mol. The van der Waals surface area contributed by atoms with Gasteiger partial charge in [0.05, 0.1) is 17.8 Å². The normalized spacial score (nSPS) is 11.1. The van der Waals surface area contributed by atoms with Gasteiger partial charge in [0.15, 0.2) is 0 Å². The molecule has 0 saturated heterocycles. The highest BCUT2D eigenvalue weighted by Gasteiger charge is 2.08. The quantitative estimate of drug-likeness (QED) is 0.685. The third-order valence-electron chi connectivity index (χ3n) is 3.14. The molecule has 2 nitrogen and oxygen atoms in total. The Morgan fingerprint density at radius 2 is 1.89 bits per heavy atom. The van der Waals surface area contributed by atoms with Crippen molar-refractivity contribution in [3.63, 3.8) is 0 Å². The Kier molecular flexibility index (Phi) is 2.99. The molecule has 0 bridgehead atoms. The lowest BCUT2D eigenvalue weighted by Crippen LogP contribution is -2.01. The Morgan fingerprint density at radius 3 is 2.63 bits per heavy atom. The SMILES string of the molecule is Cc1nn(Cc2ccc(F)cc2)c2cc(Cl)ccc12. The van der Waals surface area contributed by atoms with Gasteiger partial charge in [0.25, 0.3) is 0 Å². The molecule has 96 valence electrons. The lowest BCUT2D eigenvalue weighted by atomic mass is 10.2. The summed E-state index contributed by atoms with van der Waals surface area (Å²) in [6.45, 7) is 2.57. The van der Waals surface area contributed by atoms with Gasteiger partial charge in [-0.2, -0.15) is 5.10 Å². The number of benzene rings is 2. The Bertz CT molecular complexity index is 732. The van der Waals surface area contributed by atoms with Crippen LogP contribution >= 0.6 is 11.6 Å². The van der Waals surface area contributed by atoms with Crippen LogP contribution in [0.3, 0.4) is 0 Å². The number of rotatable bonds is 2. The van der Waals surface area contributed by atoms with Crippen molar-refractivity contribution in [2.45, 2.75) is 13.5 Å². The molecular formula is C15H12ClFN2. The molecule has 0 unspecified atom stereocenters. The predicted octanol–water partition coefficient (Wildman–Crippen LogP) is 4.19. The minimum absolute atomic E-state index is 0.228. The molecule has 0 aliphatic heterocycles. The number of aryl methyl sites for hydroxylation is 1. The lowest BCUT2D eigenvalue weighted by molar-refractivity contribution is 0.625. The highest BCUT2D eigenvalue weighted by molar-refractivity contribution is 6.31. The first kappa shape index (κ1) is 12.2. The van der Waals surface area contributed by atoms with E-state index in [9.17, 15) is 4.39 Å². The van der Waals surface area contributed by atoms with E-state index in [1.54, 1.807) is 12.1 Å². The molecule has 0 spiro atoms. The zero-order valence-electron chi connectivity index (χ0n) is 10.4. The first-order chi connectivity index (χ1) is 9.13. The van der Waals surface area contributed by atoms with Crippen molar-refractivity contribution in [1.82, 2.24) is 9.78 Å². The molecule has 0 saturated carbocycles. The summed E-state index contributed by atoms with van der Waals surface area (Å²) < 4.78 is 14.8. The van der Waals surface area contributed by atoms with E-state index in [0.29, 0.717) is 11.6 Å². The van der Waals surface area contributed by atoms with Crippen molar-refractivity contribution in [3.05, 3.63) is 64.6 Å². The molecule has 1 heterocycles. The molecule has 0 amide bonds. The summed E-state index contributed by atoms with van der Waals surface area (Å²) >= 11 is 6.03. The lowest BCUT2D eigenvalue weighted by Gasteiger charge is -2.04. The van der Waals surface area contributed by atoms with E-state index in [2.05, 4.69) is 5.10 Å². The molecule has 4 heteroatoms. The Labute approximate surface area is 115 Å². The van der Waals surface area contributed by atoms with Crippen LogP contribution in [0, 0.1) is 12.7 Å². The summed E-state index contributed by atoms with van der Waals surface area (Å²) in [4.78, 5) is 0. The maximum absolute atomic E-state index is 12.9. The van der Waals surface area contributed by atoms with Gasteiger partial charge in [-0.15, -0.1) is 0 Å². The summed E-state index contributed by atoms with van der Waals surface area (Å²) in [6, 6.07) is 12.2. The van der Waals surface area contributed by atoms with Crippen LogP contribution in [0.4, 0.5) is 4.39 Å². The number of hydrogen-bond acceptors (Lipinski definition) is 1. The van der Waals surface area contributed by atoms with Crippen molar-refractivity contribution in [3.8, 4) is 0 Å². The first-order valence-corrected chi connectivity index (χ1v) is 6.38. The van der Waals surface area contributed by atoms with Gasteiger partial charge < -0.3 is 0 Å². The first-order valence-electron chi connectivity index (χ1n) is 6.00. The van der Waals surface area contributed by atoms with E-state index < -0.39 is 0 Å². The van der Waals surface area contributed by atoms with Crippen LogP contribution in [0.1, 0.15) is 11.3 Å². The van der Waals surface area contributed by atoms with Crippen molar-refractivity contribution >= 4 is 22.5 Å². The van der Waals surface area contributed by atoms with Crippen LogP contribution in [0.5, 0.6) is 0 Å². The summed E-state index contributed by atoms with van der Waals surface area (Å²) in [7, 11) is 0. The Morgan fingerprint density at radius 1 is 1.16 bits per heavy atom. The number of hydrogen-bond donors (Lipinski definition) is 0. The molecule has 3 aromatic rings. The van der Waals surface area contributed by atoms with Gasteiger partial charge in [0.1, 0.15) is 5.82 Å². The number of aromatic nitrogens is 2. The number of halogens is 2. The second-order valence-corrected chi connectivity index (χ2v) is 4.97. The fourth-order valence-corrected chi connectivity index (χ4v) is 2.36. The molecule has 0 radical (unpaired) electrons. The Hall–Kier alpha value is -1.87. The van der Waals surface area contributed by atoms with E-state index >= 15 is 0 Å². The van der Waals surface area contributed by atoms with Gasteiger partial charge in [0, 0.05) is 10.4 Å². The molecule has 3 rings (SSSR count). The number of nitrogens with zero attached hydrogens (tertiary/aromatic N) is 2. The summed E-state index contributed by atoms with van der Waals surface area (Å²) in [5.41, 5.74) is 2.97. The van der Waals surface area contributed by atoms with Gasteiger partial charge in [-0.05, 0) is 42.8 Å². The highest BCUT2D eigenvalue weighted by atomic mass is 35.5. The van der Waals surface area contributed by atoms with Crippen LogP contribution < -0.4 is 0 Å². The van der Waals surface area contributed by atoms with Crippen molar-refractivity contribution in [2.24, 2.45) is 0 Å². The van der Waals surface area contributed by atoms with Crippen LogP contribution in [-0.4, -0.2) is 9.78 Å². The third kappa shape index (κ3) is 2.34. The summed E-state index contributed by atoms with van der Waals surface area (Å²) in [5, 5.41) is 6.29. The van der Waals surface area contributed by atoms with E-state index in [0.717, 1.165) is 22.2 Å². The van der Waals surface area contributed by atoms with Crippen LogP contribution in [0.15, 0.2) is 42.5 Å². The zero-order chi connectivity index (χ0) is 13.4. The zero-order valence-corrected chi connectivity index (χ0v) is 11.2. The fraction of sp³-hybridized carbons (Fsp3) is 0.133. The maximum atomic E-state index is 12.9. The molecule has 19 heavy (non-hydrogen) atoms. The molecule has 1 aromatic heterocycles. The molecule has 0 aliphatic rings. The summed E-state index contributed by atoms with van der Waals surface area (Å²) in [6.07, 6.45) is 0. The van der Waals surface area contributed by atoms with Crippen LogP contribution in [0.2, 0.25) is 5.02 Å². The largest absolute Gasteiger partial charge is 0.260 e. The predicted molar refractivity (Wildman–Crippen MR) is 75.0 cm³/mol. The second kappa shape index (κ2) is 4.67. The van der Waals surface area contributed by atoms with Gasteiger partial charge in [-0.25, -0.2) is 4.39 Å². The van der Waals surface area contributed by atoms with E-state index in [4.69, 9.17) is 11.6 Å². The standard InChI is InChI=1S/C15H12ClFN2/c1-10-14-7-4-12(16)8-15(14)19(18-10)9-11-2-5-13(17)6-3-11/h2-8H,9H2,1H3. The molecule has 2 aromatic carbocycles. The van der Waals surface area contributed by atoms with Crippen molar-refractivity contribution in [1.29, 1.82) is 0 Å². The maximum Gasteiger partial charge on any atom is 0.123 e. The molecular weight excluding hydrogens is 263 g/mol. The third-order valence-corrected chi connectivity index (χ3v) is 3.38. The van der Waals surface area contributed by atoms with E-state index in [1.165, 1.54) is 12.1 Å². The number of fused-ring (bicyclic) bond motifs is 1. The summed E-state index contributed by atoms with van der Waals surface area (Å²) in [5.74, 6) is -0.228.